The Balaban J connectivity index is 1.86. The lowest BCUT2D eigenvalue weighted by molar-refractivity contribution is 0.281. The summed E-state index contributed by atoms with van der Waals surface area (Å²) in [5.74, 6) is 1.17. The molecule has 0 bridgehead atoms. The first-order valence-electron chi connectivity index (χ1n) is 8.44. The van der Waals surface area contributed by atoms with Gasteiger partial charge in [-0.05, 0) is 24.6 Å². The predicted molar refractivity (Wildman–Crippen MR) is 106 cm³/mol. The van der Waals surface area contributed by atoms with Gasteiger partial charge in [-0.1, -0.05) is 54.1 Å². The van der Waals surface area contributed by atoms with E-state index in [-0.39, 0.29) is 12.6 Å². The Bertz CT molecular complexity index is 857. The Hall–Kier alpha value is -2.63. The van der Waals surface area contributed by atoms with Crippen molar-refractivity contribution in [1.82, 2.24) is 9.97 Å². The van der Waals surface area contributed by atoms with Crippen LogP contribution >= 0.6 is 11.6 Å². The van der Waals surface area contributed by atoms with Crippen LogP contribution < -0.4 is 10.6 Å². The Kier molecular flexibility index (Phi) is 6.04. The molecule has 0 spiro atoms. The van der Waals surface area contributed by atoms with Crippen molar-refractivity contribution in [2.24, 2.45) is 0 Å². The van der Waals surface area contributed by atoms with E-state index in [1.54, 1.807) is 0 Å². The number of rotatable bonds is 7. The summed E-state index contributed by atoms with van der Waals surface area (Å²) in [5.41, 5.74) is 2.87. The minimum atomic E-state index is -0.137. The molecule has 5 nitrogen and oxygen atoms in total. The first-order valence-corrected chi connectivity index (χ1v) is 8.82. The summed E-state index contributed by atoms with van der Waals surface area (Å²) in [7, 11) is 0. The second kappa shape index (κ2) is 8.65. The highest BCUT2D eigenvalue weighted by Crippen LogP contribution is 2.22. The van der Waals surface area contributed by atoms with Crippen LogP contribution in [0.15, 0.2) is 60.7 Å². The molecule has 6 heteroatoms. The Morgan fingerprint density at radius 3 is 2.58 bits per heavy atom. The molecular weight excluding hydrogens is 348 g/mol. The van der Waals surface area contributed by atoms with Gasteiger partial charge in [0.15, 0.2) is 0 Å². The summed E-state index contributed by atoms with van der Waals surface area (Å²) < 4.78 is 0. The molecule has 3 rings (SSSR count). The van der Waals surface area contributed by atoms with Crippen molar-refractivity contribution in [3.8, 4) is 11.3 Å². The van der Waals surface area contributed by atoms with Crippen LogP contribution in [0.2, 0.25) is 5.02 Å². The van der Waals surface area contributed by atoms with E-state index in [4.69, 9.17) is 11.6 Å². The minimum absolute atomic E-state index is 0.00417. The molecule has 0 aliphatic rings. The van der Waals surface area contributed by atoms with Gasteiger partial charge in [0.1, 0.15) is 5.82 Å². The van der Waals surface area contributed by atoms with Gasteiger partial charge >= 0.3 is 0 Å². The van der Waals surface area contributed by atoms with Gasteiger partial charge in [0, 0.05) is 29.2 Å². The summed E-state index contributed by atoms with van der Waals surface area (Å²) in [6, 6.07) is 19.4. The number of anilines is 2. The van der Waals surface area contributed by atoms with E-state index in [1.807, 2.05) is 67.6 Å². The van der Waals surface area contributed by atoms with Gasteiger partial charge < -0.3 is 15.7 Å². The van der Waals surface area contributed by atoms with E-state index in [0.29, 0.717) is 23.3 Å². The van der Waals surface area contributed by atoms with E-state index in [9.17, 15) is 5.11 Å². The van der Waals surface area contributed by atoms with Crippen molar-refractivity contribution >= 4 is 23.4 Å². The van der Waals surface area contributed by atoms with Gasteiger partial charge in [-0.25, -0.2) is 4.98 Å². The molecular formula is C20H21ClN4O. The highest BCUT2D eigenvalue weighted by Gasteiger charge is 2.09. The van der Waals surface area contributed by atoms with Gasteiger partial charge in [-0.2, -0.15) is 4.98 Å². The fraction of sp³-hybridized carbons (Fsp3) is 0.200. The van der Waals surface area contributed by atoms with E-state index >= 15 is 0 Å². The molecule has 0 radical (unpaired) electrons. The van der Waals surface area contributed by atoms with Crippen LogP contribution in [-0.4, -0.2) is 27.7 Å². The average molecular weight is 369 g/mol. The Morgan fingerprint density at radius 1 is 1.04 bits per heavy atom. The Labute approximate surface area is 158 Å². The molecule has 2 aromatic carbocycles. The molecule has 0 fully saturated rings. The number of halogens is 1. The average Bonchev–Trinajstić information content (AvgIpc) is 2.67. The number of hydrogen-bond acceptors (Lipinski definition) is 5. The van der Waals surface area contributed by atoms with Crippen LogP contribution in [0.1, 0.15) is 12.5 Å². The Morgan fingerprint density at radius 2 is 1.85 bits per heavy atom. The second-order valence-electron chi connectivity index (χ2n) is 6.04. The molecule has 3 N–H and O–H groups in total. The number of aliphatic hydroxyl groups excluding tert-OH is 1. The van der Waals surface area contributed by atoms with Crippen LogP contribution in [0, 0.1) is 0 Å². The van der Waals surface area contributed by atoms with Crippen LogP contribution in [0.3, 0.4) is 0 Å². The highest BCUT2D eigenvalue weighted by molar-refractivity contribution is 6.30. The second-order valence-corrected chi connectivity index (χ2v) is 6.48. The summed E-state index contributed by atoms with van der Waals surface area (Å²) in [4.78, 5) is 9.07. The maximum Gasteiger partial charge on any atom is 0.225 e. The van der Waals surface area contributed by atoms with Crippen molar-refractivity contribution in [3.05, 3.63) is 71.2 Å². The molecule has 0 aliphatic carbocycles. The number of aliphatic hydroxyl groups is 1. The molecule has 0 amide bonds. The zero-order valence-corrected chi connectivity index (χ0v) is 15.2. The fourth-order valence-corrected chi connectivity index (χ4v) is 2.68. The molecule has 1 atom stereocenters. The topological polar surface area (TPSA) is 70.1 Å². The molecule has 134 valence electrons. The minimum Gasteiger partial charge on any atom is -0.394 e. The van der Waals surface area contributed by atoms with Crippen molar-refractivity contribution in [3.63, 3.8) is 0 Å². The zero-order chi connectivity index (χ0) is 18.4. The third-order valence-corrected chi connectivity index (χ3v) is 4.04. The van der Waals surface area contributed by atoms with Crippen molar-refractivity contribution in [1.29, 1.82) is 0 Å². The van der Waals surface area contributed by atoms with E-state index in [2.05, 4.69) is 20.6 Å². The van der Waals surface area contributed by atoms with Crippen LogP contribution in [-0.2, 0) is 6.54 Å². The number of aromatic nitrogens is 2. The first-order chi connectivity index (χ1) is 12.6. The summed E-state index contributed by atoms with van der Waals surface area (Å²) in [6.07, 6.45) is 0. The van der Waals surface area contributed by atoms with Crippen molar-refractivity contribution in [2.45, 2.75) is 19.5 Å². The lowest BCUT2D eigenvalue weighted by Gasteiger charge is -2.14. The number of hydrogen-bond donors (Lipinski definition) is 3. The lowest BCUT2D eigenvalue weighted by Crippen LogP contribution is -2.21. The zero-order valence-electron chi connectivity index (χ0n) is 14.5. The summed E-state index contributed by atoms with van der Waals surface area (Å²) in [6.45, 7) is 2.47. The number of nitrogens with one attached hydrogen (secondary N) is 2. The summed E-state index contributed by atoms with van der Waals surface area (Å²) >= 11 is 6.04. The highest BCUT2D eigenvalue weighted by atomic mass is 35.5. The fourth-order valence-electron chi connectivity index (χ4n) is 2.46. The normalized spacial score (nSPS) is 11.8. The largest absolute Gasteiger partial charge is 0.394 e. The predicted octanol–water partition coefficient (Wildman–Crippen LogP) is 4.20. The smallest absolute Gasteiger partial charge is 0.225 e. The molecule has 1 heterocycles. The van der Waals surface area contributed by atoms with E-state index in [1.165, 1.54) is 0 Å². The van der Waals surface area contributed by atoms with Crippen LogP contribution in [0.25, 0.3) is 11.3 Å². The van der Waals surface area contributed by atoms with Crippen LogP contribution in [0.4, 0.5) is 11.8 Å². The lowest BCUT2D eigenvalue weighted by atomic mass is 10.1. The maximum atomic E-state index is 9.28. The molecule has 0 saturated carbocycles. The molecule has 1 aromatic heterocycles. The van der Waals surface area contributed by atoms with Gasteiger partial charge in [-0.3, -0.25) is 0 Å². The van der Waals surface area contributed by atoms with E-state index in [0.717, 1.165) is 16.8 Å². The van der Waals surface area contributed by atoms with Gasteiger partial charge in [0.25, 0.3) is 0 Å². The van der Waals surface area contributed by atoms with Crippen molar-refractivity contribution < 1.29 is 5.11 Å². The number of benzene rings is 2. The van der Waals surface area contributed by atoms with E-state index < -0.39 is 0 Å². The molecule has 3 aromatic rings. The third kappa shape index (κ3) is 4.94. The van der Waals surface area contributed by atoms with Gasteiger partial charge in [0.2, 0.25) is 5.95 Å². The summed E-state index contributed by atoms with van der Waals surface area (Å²) in [5, 5.41) is 16.4. The molecule has 0 saturated heterocycles. The molecule has 26 heavy (non-hydrogen) atoms. The third-order valence-electron chi connectivity index (χ3n) is 3.81. The molecule has 0 aliphatic heterocycles. The van der Waals surface area contributed by atoms with Crippen LogP contribution in [0.5, 0.6) is 0 Å². The maximum absolute atomic E-state index is 9.28. The molecule has 0 unspecified atom stereocenters. The van der Waals surface area contributed by atoms with Crippen molar-refractivity contribution in [2.75, 3.05) is 17.2 Å². The number of nitrogens with zero attached hydrogens (tertiary/aromatic N) is 2. The quantitative estimate of drug-likeness (QED) is 0.583. The monoisotopic (exact) mass is 368 g/mol. The van der Waals surface area contributed by atoms with Gasteiger partial charge in [0.05, 0.1) is 12.3 Å². The first kappa shape index (κ1) is 18.2. The van der Waals surface area contributed by atoms with Gasteiger partial charge in [-0.15, -0.1) is 0 Å². The SMILES string of the molecule is C[C@@H](CO)Nc1nc(NCc2cccc(Cl)c2)cc(-c2ccccc2)n1. The standard InChI is InChI=1S/C20H21ClN4O/c1-14(13-26)23-20-24-18(16-7-3-2-4-8-16)11-19(25-20)22-12-15-6-5-9-17(21)10-15/h2-11,14,26H,12-13H2,1H3,(H2,22,23,24,25)/t14-/m0/s1.